The van der Waals surface area contributed by atoms with Gasteiger partial charge < -0.3 is 19.7 Å². The summed E-state index contributed by atoms with van der Waals surface area (Å²) >= 11 is 5.70. The summed E-state index contributed by atoms with van der Waals surface area (Å²) in [4.78, 5) is 22.0. The molecule has 7 nitrogen and oxygen atoms in total. The van der Waals surface area contributed by atoms with E-state index in [1.54, 1.807) is 36.7 Å². The number of benzene rings is 1. The van der Waals surface area contributed by atoms with Crippen LogP contribution >= 0.6 is 12.2 Å². The standard InChI is InChI=1S/C25H20N4O3S/c30-24(31)18-8-6-17(7-9-18)20-10-11-21(32-20)23-22(19-5-1-2-13-27-19)28-25(33)29(23)15-16-4-3-12-26-14-16/h1-14,22-23H,15H2,(H,28,33)(H,30,31)/t22-,23-/m0/s1. The summed E-state index contributed by atoms with van der Waals surface area (Å²) in [6.07, 6.45) is 5.33. The maximum Gasteiger partial charge on any atom is 0.335 e. The predicted molar refractivity (Wildman–Crippen MR) is 126 cm³/mol. The normalized spacial score (nSPS) is 17.7. The highest BCUT2D eigenvalue weighted by Crippen LogP contribution is 2.41. The molecule has 0 saturated carbocycles. The number of hydrogen-bond acceptors (Lipinski definition) is 5. The lowest BCUT2D eigenvalue weighted by Crippen LogP contribution is -2.29. The van der Waals surface area contributed by atoms with E-state index in [1.165, 1.54) is 0 Å². The number of hydrogen-bond donors (Lipinski definition) is 2. The zero-order valence-corrected chi connectivity index (χ0v) is 18.3. The lowest BCUT2D eigenvalue weighted by Gasteiger charge is -2.26. The van der Waals surface area contributed by atoms with Crippen LogP contribution in [0.3, 0.4) is 0 Å². The van der Waals surface area contributed by atoms with Crippen molar-refractivity contribution in [1.29, 1.82) is 0 Å². The number of aromatic nitrogens is 2. The zero-order chi connectivity index (χ0) is 22.8. The highest BCUT2D eigenvalue weighted by molar-refractivity contribution is 7.80. The van der Waals surface area contributed by atoms with Crippen molar-refractivity contribution in [1.82, 2.24) is 20.2 Å². The van der Waals surface area contributed by atoms with Crippen molar-refractivity contribution in [2.24, 2.45) is 0 Å². The lowest BCUT2D eigenvalue weighted by atomic mass is 10.0. The van der Waals surface area contributed by atoms with Crippen LogP contribution in [-0.2, 0) is 6.54 Å². The van der Waals surface area contributed by atoms with E-state index in [9.17, 15) is 4.79 Å². The fourth-order valence-corrected chi connectivity index (χ4v) is 4.32. The molecule has 0 unspecified atom stereocenters. The van der Waals surface area contributed by atoms with E-state index in [1.807, 2.05) is 48.7 Å². The van der Waals surface area contributed by atoms with E-state index in [0.29, 0.717) is 17.4 Å². The van der Waals surface area contributed by atoms with Crippen molar-refractivity contribution in [3.63, 3.8) is 0 Å². The van der Waals surface area contributed by atoms with Crippen molar-refractivity contribution >= 4 is 23.3 Å². The summed E-state index contributed by atoms with van der Waals surface area (Å²) in [5.74, 6) is 0.427. The van der Waals surface area contributed by atoms with E-state index < -0.39 is 5.97 Å². The summed E-state index contributed by atoms with van der Waals surface area (Å²) in [7, 11) is 0. The van der Waals surface area contributed by atoms with Crippen LogP contribution in [0, 0.1) is 0 Å². The fraction of sp³-hybridized carbons (Fsp3) is 0.120. The Morgan fingerprint density at radius 3 is 2.61 bits per heavy atom. The fourth-order valence-electron chi connectivity index (χ4n) is 4.02. The number of furan rings is 1. The van der Waals surface area contributed by atoms with Gasteiger partial charge in [0.05, 0.1) is 17.3 Å². The monoisotopic (exact) mass is 456 g/mol. The summed E-state index contributed by atoms with van der Waals surface area (Å²) in [6, 6.07) is 19.7. The topological polar surface area (TPSA) is 91.5 Å². The highest BCUT2D eigenvalue weighted by Gasteiger charge is 2.41. The minimum Gasteiger partial charge on any atom is -0.478 e. The molecule has 0 aliphatic carbocycles. The minimum absolute atomic E-state index is 0.191. The third-order valence-corrected chi connectivity index (χ3v) is 5.96. The Labute approximate surface area is 195 Å². The Morgan fingerprint density at radius 1 is 1.06 bits per heavy atom. The first-order valence-corrected chi connectivity index (χ1v) is 10.8. The average molecular weight is 457 g/mol. The molecule has 1 fully saturated rings. The zero-order valence-electron chi connectivity index (χ0n) is 17.5. The Balaban J connectivity index is 1.51. The van der Waals surface area contributed by atoms with Crippen LogP contribution in [0.4, 0.5) is 0 Å². The Kier molecular flexibility index (Phi) is 5.58. The number of pyridine rings is 2. The van der Waals surface area contributed by atoms with Gasteiger partial charge in [-0.2, -0.15) is 0 Å². The van der Waals surface area contributed by atoms with Gasteiger partial charge in [0.1, 0.15) is 17.6 Å². The van der Waals surface area contributed by atoms with Crippen LogP contribution in [0.25, 0.3) is 11.3 Å². The van der Waals surface area contributed by atoms with E-state index in [-0.39, 0.29) is 17.6 Å². The molecule has 5 rings (SSSR count). The molecule has 2 N–H and O–H groups in total. The number of carbonyl (C=O) groups is 1. The molecule has 0 spiro atoms. The second-order valence-electron chi connectivity index (χ2n) is 7.70. The van der Waals surface area contributed by atoms with Gasteiger partial charge in [0, 0.05) is 30.7 Å². The largest absolute Gasteiger partial charge is 0.478 e. The summed E-state index contributed by atoms with van der Waals surface area (Å²) in [5, 5.41) is 13.2. The van der Waals surface area contributed by atoms with E-state index in [0.717, 1.165) is 22.6 Å². The molecule has 1 aliphatic heterocycles. The van der Waals surface area contributed by atoms with Crippen LogP contribution in [0.5, 0.6) is 0 Å². The highest BCUT2D eigenvalue weighted by atomic mass is 32.1. The minimum atomic E-state index is -0.962. The van der Waals surface area contributed by atoms with Crippen LogP contribution in [0.2, 0.25) is 0 Å². The predicted octanol–water partition coefficient (Wildman–Crippen LogP) is 4.61. The first-order valence-electron chi connectivity index (χ1n) is 10.4. The van der Waals surface area contributed by atoms with Crippen LogP contribution in [-0.4, -0.2) is 31.1 Å². The molecule has 164 valence electrons. The molecule has 0 bridgehead atoms. The number of thiocarbonyl (C=S) groups is 1. The second kappa shape index (κ2) is 8.84. The van der Waals surface area contributed by atoms with Crippen LogP contribution < -0.4 is 5.32 Å². The van der Waals surface area contributed by atoms with Gasteiger partial charge in [-0.25, -0.2) is 4.79 Å². The number of nitrogens with one attached hydrogen (secondary N) is 1. The quantitative estimate of drug-likeness (QED) is 0.407. The summed E-state index contributed by atoms with van der Waals surface area (Å²) < 4.78 is 6.29. The van der Waals surface area contributed by atoms with Crippen molar-refractivity contribution in [2.75, 3.05) is 0 Å². The number of nitrogens with zero attached hydrogens (tertiary/aromatic N) is 3. The molecule has 8 heteroatoms. The van der Waals surface area contributed by atoms with Gasteiger partial charge >= 0.3 is 5.97 Å². The Bertz CT molecular complexity index is 1280. The van der Waals surface area contributed by atoms with Gasteiger partial charge in [-0.1, -0.05) is 24.3 Å². The Morgan fingerprint density at radius 2 is 1.91 bits per heavy atom. The maximum absolute atomic E-state index is 11.2. The molecular formula is C25H20N4O3S. The Hall–Kier alpha value is -4.04. The number of carboxylic acid groups (broad SMARTS) is 1. The smallest absolute Gasteiger partial charge is 0.335 e. The number of rotatable bonds is 6. The van der Waals surface area contributed by atoms with Gasteiger partial charge in [0.2, 0.25) is 0 Å². The third kappa shape index (κ3) is 4.20. The van der Waals surface area contributed by atoms with Crippen LogP contribution in [0.15, 0.2) is 89.7 Å². The molecule has 3 aromatic heterocycles. The molecule has 2 atom stereocenters. The van der Waals surface area contributed by atoms with Crippen LogP contribution in [0.1, 0.15) is 39.5 Å². The first kappa shape index (κ1) is 20.8. The van der Waals surface area contributed by atoms with Crippen molar-refractivity contribution in [3.05, 3.63) is 108 Å². The van der Waals surface area contributed by atoms with E-state index in [4.69, 9.17) is 21.7 Å². The molecule has 1 aliphatic rings. The van der Waals surface area contributed by atoms with Crippen molar-refractivity contribution in [3.8, 4) is 11.3 Å². The SMILES string of the molecule is O=C(O)c1ccc(-c2ccc([C@H]3[C@H](c4ccccn4)NC(=S)N3Cc3cccnc3)o2)cc1. The maximum atomic E-state index is 11.2. The van der Waals surface area contributed by atoms with Crippen molar-refractivity contribution < 1.29 is 14.3 Å². The van der Waals surface area contributed by atoms with E-state index in [2.05, 4.69) is 20.2 Å². The van der Waals surface area contributed by atoms with Gasteiger partial charge in [-0.3, -0.25) is 9.97 Å². The molecule has 4 aromatic rings. The molecule has 1 aromatic carbocycles. The van der Waals surface area contributed by atoms with Gasteiger partial charge in [0.25, 0.3) is 0 Å². The first-order chi connectivity index (χ1) is 16.1. The molecular weight excluding hydrogens is 436 g/mol. The number of aromatic carboxylic acids is 1. The molecule has 0 radical (unpaired) electrons. The van der Waals surface area contributed by atoms with Crippen molar-refractivity contribution in [2.45, 2.75) is 18.6 Å². The lowest BCUT2D eigenvalue weighted by molar-refractivity contribution is 0.0697. The summed E-state index contributed by atoms with van der Waals surface area (Å²) in [6.45, 7) is 0.566. The van der Waals surface area contributed by atoms with E-state index >= 15 is 0 Å². The number of carboxylic acids is 1. The molecule has 33 heavy (non-hydrogen) atoms. The van der Waals surface area contributed by atoms with Gasteiger partial charge in [-0.15, -0.1) is 0 Å². The third-order valence-electron chi connectivity index (χ3n) is 5.61. The summed E-state index contributed by atoms with van der Waals surface area (Å²) in [5.41, 5.74) is 2.92. The molecule has 0 amide bonds. The second-order valence-corrected chi connectivity index (χ2v) is 8.09. The van der Waals surface area contributed by atoms with Gasteiger partial charge in [-0.05, 0) is 60.2 Å². The molecule has 4 heterocycles. The molecule has 1 saturated heterocycles. The average Bonchev–Trinajstić information content (AvgIpc) is 3.45. The van der Waals surface area contributed by atoms with Gasteiger partial charge in [0.15, 0.2) is 5.11 Å².